The van der Waals surface area contributed by atoms with E-state index in [9.17, 15) is 14.9 Å². The summed E-state index contributed by atoms with van der Waals surface area (Å²) in [5, 5.41) is 20.9. The van der Waals surface area contributed by atoms with Crippen LogP contribution in [0.5, 0.6) is 0 Å². The molecule has 2 aromatic heterocycles. The zero-order valence-corrected chi connectivity index (χ0v) is 16.4. The Morgan fingerprint density at radius 3 is 2.76 bits per heavy atom. The third kappa shape index (κ3) is 3.19. The zero-order valence-electron chi connectivity index (χ0n) is 15.6. The molecule has 0 aliphatic carbocycles. The molecule has 9 heteroatoms. The molecule has 0 saturated carbocycles. The largest absolute Gasteiger partial charge is 0.272 e. The molecule has 0 aliphatic heterocycles. The predicted molar refractivity (Wildman–Crippen MR) is 112 cm³/mol. The van der Waals surface area contributed by atoms with Crippen LogP contribution >= 0.6 is 11.8 Å². The van der Waals surface area contributed by atoms with Crippen molar-refractivity contribution in [3.05, 3.63) is 86.7 Å². The summed E-state index contributed by atoms with van der Waals surface area (Å²) in [6.07, 6.45) is 1.64. The number of thioether (sulfide) groups is 1. The molecule has 4 rings (SSSR count). The SMILES string of the molecule is C=CCn1c(=O)c2ccccc2n2c(SCc3cccc([N+](=O)[O-])c3C)nnc12. The van der Waals surface area contributed by atoms with E-state index in [-0.39, 0.29) is 16.2 Å². The first-order valence-electron chi connectivity index (χ1n) is 8.86. The van der Waals surface area contributed by atoms with Crippen LogP contribution in [0.2, 0.25) is 0 Å². The fraction of sp³-hybridized carbons (Fsp3) is 0.150. The Hall–Kier alpha value is -3.46. The molecule has 0 N–H and O–H groups in total. The molecule has 2 aromatic carbocycles. The van der Waals surface area contributed by atoms with Gasteiger partial charge in [-0.15, -0.1) is 16.8 Å². The van der Waals surface area contributed by atoms with Crippen molar-refractivity contribution >= 4 is 34.1 Å². The number of para-hydroxylation sites is 1. The van der Waals surface area contributed by atoms with Crippen molar-refractivity contribution in [1.29, 1.82) is 0 Å². The van der Waals surface area contributed by atoms with Gasteiger partial charge in [-0.1, -0.05) is 42.1 Å². The molecule has 146 valence electrons. The van der Waals surface area contributed by atoms with Gasteiger partial charge in [0, 0.05) is 23.9 Å². The van der Waals surface area contributed by atoms with E-state index in [1.165, 1.54) is 22.4 Å². The second-order valence-electron chi connectivity index (χ2n) is 6.45. The molecule has 0 aliphatic rings. The summed E-state index contributed by atoms with van der Waals surface area (Å²) >= 11 is 1.42. The Labute approximate surface area is 169 Å². The van der Waals surface area contributed by atoms with Crippen LogP contribution in [0.3, 0.4) is 0 Å². The Bertz CT molecular complexity index is 1330. The van der Waals surface area contributed by atoms with Crippen LogP contribution in [0.1, 0.15) is 11.1 Å². The van der Waals surface area contributed by atoms with Crippen LogP contribution in [0, 0.1) is 17.0 Å². The molecule has 0 unspecified atom stereocenters. The minimum Gasteiger partial charge on any atom is -0.272 e. The van der Waals surface area contributed by atoms with Crippen LogP contribution < -0.4 is 5.56 Å². The second kappa shape index (κ2) is 7.51. The van der Waals surface area contributed by atoms with Gasteiger partial charge in [-0.05, 0) is 24.6 Å². The molecule has 0 bridgehead atoms. The van der Waals surface area contributed by atoms with E-state index >= 15 is 0 Å². The van der Waals surface area contributed by atoms with E-state index in [1.54, 1.807) is 25.1 Å². The molecule has 0 radical (unpaired) electrons. The van der Waals surface area contributed by atoms with Gasteiger partial charge in [0.25, 0.3) is 11.2 Å². The number of benzene rings is 2. The highest BCUT2D eigenvalue weighted by Crippen LogP contribution is 2.28. The molecule has 2 heterocycles. The van der Waals surface area contributed by atoms with Crippen molar-refractivity contribution in [3.8, 4) is 0 Å². The molecule has 0 amide bonds. The van der Waals surface area contributed by atoms with Gasteiger partial charge in [0.1, 0.15) is 0 Å². The molecule has 4 aromatic rings. The number of nitrogens with zero attached hydrogens (tertiary/aromatic N) is 5. The first kappa shape index (κ1) is 18.9. The zero-order chi connectivity index (χ0) is 20.5. The van der Waals surface area contributed by atoms with E-state index < -0.39 is 0 Å². The number of allylic oxidation sites excluding steroid dienone is 1. The van der Waals surface area contributed by atoms with Gasteiger partial charge < -0.3 is 0 Å². The summed E-state index contributed by atoms with van der Waals surface area (Å²) in [5.41, 5.74) is 2.15. The van der Waals surface area contributed by atoms with Crippen molar-refractivity contribution < 1.29 is 4.92 Å². The topological polar surface area (TPSA) is 95.3 Å². The summed E-state index contributed by atoms with van der Waals surface area (Å²) in [6, 6.07) is 12.3. The lowest BCUT2D eigenvalue weighted by Crippen LogP contribution is -2.22. The first-order chi connectivity index (χ1) is 14.0. The van der Waals surface area contributed by atoms with Gasteiger partial charge >= 0.3 is 0 Å². The molecule has 29 heavy (non-hydrogen) atoms. The van der Waals surface area contributed by atoms with Gasteiger partial charge in [-0.25, -0.2) is 0 Å². The molecule has 0 spiro atoms. The Morgan fingerprint density at radius 2 is 2.00 bits per heavy atom. The number of hydrogen-bond acceptors (Lipinski definition) is 6. The van der Waals surface area contributed by atoms with Crippen molar-refractivity contribution in [2.45, 2.75) is 24.4 Å². The van der Waals surface area contributed by atoms with Gasteiger partial charge in [0.05, 0.1) is 15.8 Å². The van der Waals surface area contributed by atoms with E-state index in [4.69, 9.17) is 0 Å². The number of nitro groups is 1. The van der Waals surface area contributed by atoms with Crippen molar-refractivity contribution in [2.75, 3.05) is 0 Å². The maximum absolute atomic E-state index is 12.8. The number of fused-ring (bicyclic) bond motifs is 3. The van der Waals surface area contributed by atoms with Crippen LogP contribution in [0.25, 0.3) is 16.7 Å². The summed E-state index contributed by atoms with van der Waals surface area (Å²) in [6.45, 7) is 5.78. The van der Waals surface area contributed by atoms with E-state index in [0.717, 1.165) is 11.1 Å². The molecular formula is C20H17N5O3S. The Morgan fingerprint density at radius 1 is 1.21 bits per heavy atom. The standard InChI is InChI=1S/C20H17N5O3S/c1-3-11-23-18(26)15-8-4-5-9-17(15)24-19(23)21-22-20(24)29-12-14-7-6-10-16(13(14)2)25(27)28/h3-10H,1,11-12H2,2H3. The van der Waals surface area contributed by atoms with E-state index in [1.807, 2.05) is 28.7 Å². The van der Waals surface area contributed by atoms with Crippen molar-refractivity contribution in [3.63, 3.8) is 0 Å². The van der Waals surface area contributed by atoms with E-state index in [0.29, 0.717) is 34.2 Å². The molecule has 8 nitrogen and oxygen atoms in total. The van der Waals surface area contributed by atoms with Crippen LogP contribution in [0.15, 0.2) is 65.1 Å². The van der Waals surface area contributed by atoms with Gasteiger partial charge in [0.15, 0.2) is 5.16 Å². The summed E-state index contributed by atoms with van der Waals surface area (Å²) < 4.78 is 3.38. The Balaban J connectivity index is 1.82. The number of nitro benzene ring substituents is 1. The Kier molecular flexibility index (Phi) is 4.89. The van der Waals surface area contributed by atoms with Crippen LogP contribution in [-0.2, 0) is 12.3 Å². The van der Waals surface area contributed by atoms with Crippen LogP contribution in [-0.4, -0.2) is 24.1 Å². The smallest absolute Gasteiger partial charge is 0.272 e. The molecule has 0 fully saturated rings. The lowest BCUT2D eigenvalue weighted by Gasteiger charge is -2.10. The summed E-state index contributed by atoms with van der Waals surface area (Å²) in [7, 11) is 0. The number of aromatic nitrogens is 4. The fourth-order valence-corrected chi connectivity index (χ4v) is 4.29. The third-order valence-electron chi connectivity index (χ3n) is 4.76. The highest BCUT2D eigenvalue weighted by molar-refractivity contribution is 7.98. The maximum Gasteiger partial charge on any atom is 0.272 e. The van der Waals surface area contributed by atoms with Gasteiger partial charge in [0.2, 0.25) is 5.78 Å². The minimum absolute atomic E-state index is 0.0967. The second-order valence-corrected chi connectivity index (χ2v) is 7.39. The maximum atomic E-state index is 12.8. The average Bonchev–Trinajstić information content (AvgIpc) is 3.14. The van der Waals surface area contributed by atoms with Crippen molar-refractivity contribution in [2.24, 2.45) is 0 Å². The highest BCUT2D eigenvalue weighted by atomic mass is 32.2. The lowest BCUT2D eigenvalue weighted by atomic mass is 10.1. The van der Waals surface area contributed by atoms with Gasteiger partial charge in [-0.3, -0.25) is 23.9 Å². The molecular weight excluding hydrogens is 390 g/mol. The molecule has 0 saturated heterocycles. The summed E-state index contributed by atoms with van der Waals surface area (Å²) in [5.74, 6) is 0.926. The van der Waals surface area contributed by atoms with Crippen molar-refractivity contribution in [1.82, 2.24) is 19.2 Å². The quantitative estimate of drug-likeness (QED) is 0.209. The minimum atomic E-state index is -0.378. The van der Waals surface area contributed by atoms with E-state index in [2.05, 4.69) is 16.8 Å². The predicted octanol–water partition coefficient (Wildman–Crippen LogP) is 3.74. The monoisotopic (exact) mass is 407 g/mol. The first-order valence-corrected chi connectivity index (χ1v) is 9.84. The number of hydrogen-bond donors (Lipinski definition) is 0. The van der Waals surface area contributed by atoms with Crippen LogP contribution in [0.4, 0.5) is 5.69 Å². The fourth-order valence-electron chi connectivity index (χ4n) is 3.29. The lowest BCUT2D eigenvalue weighted by molar-refractivity contribution is -0.385. The summed E-state index contributed by atoms with van der Waals surface area (Å²) in [4.78, 5) is 23.6. The molecule has 0 atom stereocenters. The average molecular weight is 407 g/mol. The number of rotatable bonds is 6. The normalized spacial score (nSPS) is 11.2. The third-order valence-corrected chi connectivity index (χ3v) is 5.74. The highest BCUT2D eigenvalue weighted by Gasteiger charge is 2.18. The van der Waals surface area contributed by atoms with Gasteiger partial charge in [-0.2, -0.15) is 0 Å².